The summed E-state index contributed by atoms with van der Waals surface area (Å²) >= 11 is 7.62. The van der Waals surface area contributed by atoms with Gasteiger partial charge in [0.2, 0.25) is 5.91 Å². The van der Waals surface area contributed by atoms with Crippen LogP contribution in [0.1, 0.15) is 37.2 Å². The zero-order chi connectivity index (χ0) is 21.8. The number of carbonyl (C=O) groups is 1. The number of carbonyl (C=O) groups excluding carboxylic acids is 1. The summed E-state index contributed by atoms with van der Waals surface area (Å²) in [4.78, 5) is 14.8. The fourth-order valence-electron chi connectivity index (χ4n) is 3.46. The number of aromatic nitrogens is 3. The molecule has 8 heteroatoms. The maximum atomic E-state index is 13.0. The van der Waals surface area contributed by atoms with Crippen molar-refractivity contribution in [3.63, 3.8) is 0 Å². The van der Waals surface area contributed by atoms with Gasteiger partial charge in [0.1, 0.15) is 12.4 Å². The van der Waals surface area contributed by atoms with Crippen molar-refractivity contribution in [2.45, 2.75) is 44.5 Å². The van der Waals surface area contributed by atoms with E-state index in [9.17, 15) is 4.79 Å². The van der Waals surface area contributed by atoms with E-state index in [1.807, 2.05) is 61.2 Å². The van der Waals surface area contributed by atoms with Crippen molar-refractivity contribution in [2.24, 2.45) is 0 Å². The predicted octanol–water partition coefficient (Wildman–Crippen LogP) is 5.30. The second kappa shape index (κ2) is 9.75. The highest BCUT2D eigenvalue weighted by atomic mass is 35.5. The van der Waals surface area contributed by atoms with Crippen molar-refractivity contribution >= 4 is 35.0 Å². The summed E-state index contributed by atoms with van der Waals surface area (Å²) in [6, 6.07) is 15.7. The summed E-state index contributed by atoms with van der Waals surface area (Å²) in [5.41, 5.74) is 2.04. The van der Waals surface area contributed by atoms with Gasteiger partial charge in [-0.2, -0.15) is 0 Å². The van der Waals surface area contributed by atoms with Crippen LogP contribution in [0.15, 0.2) is 53.7 Å². The molecule has 1 aromatic heterocycles. The molecule has 6 nitrogen and oxygen atoms in total. The number of rotatable bonds is 9. The van der Waals surface area contributed by atoms with Gasteiger partial charge in [0, 0.05) is 18.3 Å². The van der Waals surface area contributed by atoms with Gasteiger partial charge in [-0.1, -0.05) is 53.7 Å². The van der Waals surface area contributed by atoms with Crippen molar-refractivity contribution in [3.05, 3.63) is 64.9 Å². The Morgan fingerprint density at radius 1 is 1.19 bits per heavy atom. The molecule has 1 aliphatic rings. The quantitative estimate of drug-likeness (QED) is 0.409. The molecule has 2 aromatic carbocycles. The van der Waals surface area contributed by atoms with Crippen LogP contribution < -0.4 is 9.64 Å². The number of aryl methyl sites for hydroxylation is 1. The molecule has 0 bridgehead atoms. The summed E-state index contributed by atoms with van der Waals surface area (Å²) in [6.45, 7) is 4.92. The van der Waals surface area contributed by atoms with Crippen molar-refractivity contribution in [1.82, 2.24) is 14.8 Å². The summed E-state index contributed by atoms with van der Waals surface area (Å²) in [5, 5.41) is 10.0. The molecule has 0 spiro atoms. The second-order valence-corrected chi connectivity index (χ2v) is 8.78. The van der Waals surface area contributed by atoms with E-state index in [2.05, 4.69) is 14.8 Å². The molecule has 0 radical (unpaired) electrons. The number of para-hydroxylation sites is 2. The van der Waals surface area contributed by atoms with Gasteiger partial charge < -0.3 is 9.64 Å². The molecule has 31 heavy (non-hydrogen) atoms. The second-order valence-electron chi connectivity index (χ2n) is 7.43. The van der Waals surface area contributed by atoms with Crippen molar-refractivity contribution in [3.8, 4) is 5.75 Å². The molecule has 1 amide bonds. The lowest BCUT2D eigenvalue weighted by Gasteiger charge is -2.22. The van der Waals surface area contributed by atoms with Crippen LogP contribution in [-0.2, 0) is 11.4 Å². The zero-order valence-electron chi connectivity index (χ0n) is 17.6. The Bertz CT molecular complexity index is 1070. The third-order valence-electron chi connectivity index (χ3n) is 5.19. The molecule has 3 aromatic rings. The Hall–Kier alpha value is -2.51. The minimum Gasteiger partial charge on any atom is -0.484 e. The van der Waals surface area contributed by atoms with Crippen LogP contribution in [-0.4, -0.2) is 33.0 Å². The molecular formula is C23H25ClN4O2S. The third-order valence-corrected chi connectivity index (χ3v) is 6.43. The fraction of sp³-hybridized carbons (Fsp3) is 0.348. The first-order valence-corrected chi connectivity index (χ1v) is 11.7. The van der Waals surface area contributed by atoms with Crippen LogP contribution in [0.2, 0.25) is 5.02 Å². The molecule has 1 fully saturated rings. The van der Waals surface area contributed by atoms with Gasteiger partial charge in [0.25, 0.3) is 0 Å². The van der Waals surface area contributed by atoms with Gasteiger partial charge in [0.05, 0.1) is 10.8 Å². The maximum absolute atomic E-state index is 13.0. The number of halogens is 1. The first-order valence-electron chi connectivity index (χ1n) is 10.4. The van der Waals surface area contributed by atoms with Crippen LogP contribution in [0.3, 0.4) is 0 Å². The number of thioether (sulfide) groups is 1. The number of hydrogen-bond acceptors (Lipinski definition) is 5. The SMILES string of the molecule is CCN(C(=O)CSc1nnc(COc2ccccc2Cl)n1C1CC1)c1ccccc1C. The molecule has 1 aliphatic carbocycles. The van der Waals surface area contributed by atoms with E-state index in [0.717, 1.165) is 35.1 Å². The molecule has 1 heterocycles. The van der Waals surface area contributed by atoms with E-state index in [1.165, 1.54) is 11.8 Å². The minimum atomic E-state index is 0.0565. The molecule has 162 valence electrons. The van der Waals surface area contributed by atoms with Crippen LogP contribution in [0.5, 0.6) is 5.75 Å². The summed E-state index contributed by atoms with van der Waals surface area (Å²) in [6.07, 6.45) is 2.17. The average Bonchev–Trinajstić information content (AvgIpc) is 3.53. The van der Waals surface area contributed by atoms with Crippen LogP contribution in [0, 0.1) is 6.92 Å². The lowest BCUT2D eigenvalue weighted by molar-refractivity contribution is -0.116. The van der Waals surface area contributed by atoms with Gasteiger partial charge >= 0.3 is 0 Å². The lowest BCUT2D eigenvalue weighted by atomic mass is 10.2. The first kappa shape index (κ1) is 21.7. The molecule has 1 saturated carbocycles. The van der Waals surface area contributed by atoms with E-state index in [1.54, 1.807) is 6.07 Å². The van der Waals surface area contributed by atoms with Crippen LogP contribution in [0.25, 0.3) is 0 Å². The summed E-state index contributed by atoms with van der Waals surface area (Å²) in [7, 11) is 0. The van der Waals surface area contributed by atoms with E-state index in [0.29, 0.717) is 29.1 Å². The summed E-state index contributed by atoms with van der Waals surface area (Å²) < 4.78 is 7.98. The van der Waals surface area contributed by atoms with Gasteiger partial charge in [-0.05, 0) is 50.5 Å². The number of anilines is 1. The number of amides is 1. The lowest BCUT2D eigenvalue weighted by Crippen LogP contribution is -2.32. The molecule has 0 atom stereocenters. The van der Waals surface area contributed by atoms with Gasteiger partial charge in [-0.15, -0.1) is 10.2 Å². The fourth-order valence-corrected chi connectivity index (χ4v) is 4.55. The largest absolute Gasteiger partial charge is 0.484 e. The Morgan fingerprint density at radius 3 is 2.65 bits per heavy atom. The van der Waals surface area contributed by atoms with Crippen molar-refractivity contribution in [2.75, 3.05) is 17.2 Å². The third kappa shape index (κ3) is 5.05. The van der Waals surface area contributed by atoms with E-state index in [4.69, 9.17) is 16.3 Å². The number of nitrogens with zero attached hydrogens (tertiary/aromatic N) is 4. The highest BCUT2D eigenvalue weighted by Gasteiger charge is 2.30. The Balaban J connectivity index is 1.44. The molecule has 4 rings (SSSR count). The molecule has 0 unspecified atom stereocenters. The smallest absolute Gasteiger partial charge is 0.237 e. The first-order chi connectivity index (χ1) is 15.1. The van der Waals surface area contributed by atoms with Gasteiger partial charge in [-0.25, -0.2) is 0 Å². The monoisotopic (exact) mass is 456 g/mol. The normalized spacial score (nSPS) is 13.3. The Labute approximate surface area is 191 Å². The Kier molecular flexibility index (Phi) is 6.83. The average molecular weight is 457 g/mol. The van der Waals surface area contributed by atoms with Crippen LogP contribution >= 0.6 is 23.4 Å². The van der Waals surface area contributed by atoms with E-state index < -0.39 is 0 Å². The molecular weight excluding hydrogens is 432 g/mol. The topological polar surface area (TPSA) is 60.3 Å². The number of hydrogen-bond donors (Lipinski definition) is 0. The molecule has 0 aliphatic heterocycles. The van der Waals surface area contributed by atoms with E-state index in [-0.39, 0.29) is 12.5 Å². The van der Waals surface area contributed by atoms with E-state index >= 15 is 0 Å². The number of benzene rings is 2. The predicted molar refractivity (Wildman–Crippen MR) is 124 cm³/mol. The molecule has 0 saturated heterocycles. The minimum absolute atomic E-state index is 0.0565. The zero-order valence-corrected chi connectivity index (χ0v) is 19.2. The highest BCUT2D eigenvalue weighted by molar-refractivity contribution is 7.99. The number of ether oxygens (including phenoxy) is 1. The standard InChI is InChI=1S/C23H25ClN4O2S/c1-3-27(19-10-6-4-8-16(19)2)22(29)15-31-23-26-25-21(28(23)17-12-13-17)14-30-20-11-7-5-9-18(20)24/h4-11,17H,3,12-15H2,1-2H3. The van der Waals surface area contributed by atoms with Gasteiger partial charge in [0.15, 0.2) is 11.0 Å². The van der Waals surface area contributed by atoms with Gasteiger partial charge in [-0.3, -0.25) is 9.36 Å². The maximum Gasteiger partial charge on any atom is 0.237 e. The van der Waals surface area contributed by atoms with Crippen molar-refractivity contribution < 1.29 is 9.53 Å². The van der Waals surface area contributed by atoms with Crippen molar-refractivity contribution in [1.29, 1.82) is 0 Å². The summed E-state index contributed by atoms with van der Waals surface area (Å²) in [5.74, 6) is 1.73. The Morgan fingerprint density at radius 2 is 1.94 bits per heavy atom. The van der Waals surface area contributed by atoms with Crippen LogP contribution in [0.4, 0.5) is 5.69 Å². The molecule has 0 N–H and O–H groups in total. The highest BCUT2D eigenvalue weighted by Crippen LogP contribution is 2.39.